The van der Waals surface area contributed by atoms with Crippen LogP contribution in [0, 0.1) is 0 Å². The van der Waals surface area contributed by atoms with Crippen LogP contribution >= 0.6 is 11.6 Å². The minimum absolute atomic E-state index is 0.219. The van der Waals surface area contributed by atoms with Crippen LogP contribution in [0.4, 0.5) is 5.69 Å². The van der Waals surface area contributed by atoms with Gasteiger partial charge in [0.2, 0.25) is 0 Å². The van der Waals surface area contributed by atoms with Crippen LogP contribution in [0.5, 0.6) is 0 Å². The van der Waals surface area contributed by atoms with E-state index in [0.29, 0.717) is 16.3 Å². The Hall–Kier alpha value is -3.19. The molecule has 2 aromatic carbocycles. The minimum Gasteiger partial charge on any atom is -0.451 e. The summed E-state index contributed by atoms with van der Waals surface area (Å²) >= 11 is 5.94. The van der Waals surface area contributed by atoms with Crippen molar-refractivity contribution in [2.75, 3.05) is 5.32 Å². The fourth-order valence-electron chi connectivity index (χ4n) is 2.30. The van der Waals surface area contributed by atoms with Crippen molar-refractivity contribution in [3.63, 3.8) is 0 Å². The average Bonchev–Trinajstić information content (AvgIpc) is 3.24. The number of furan rings is 1. The number of amides is 1. The predicted molar refractivity (Wildman–Crippen MR) is 88.3 cm³/mol. The van der Waals surface area contributed by atoms with Crippen LogP contribution in [-0.4, -0.2) is 26.1 Å². The molecule has 1 amide bonds. The van der Waals surface area contributed by atoms with Crippen LogP contribution in [0.1, 0.15) is 10.6 Å². The lowest BCUT2D eigenvalue weighted by Crippen LogP contribution is -2.10. The zero-order chi connectivity index (χ0) is 16.5. The second-order valence-electron chi connectivity index (χ2n) is 5.05. The topological polar surface area (TPSA) is 85.8 Å². The number of rotatable bonds is 3. The van der Waals surface area contributed by atoms with Crippen molar-refractivity contribution in [2.45, 2.75) is 0 Å². The molecule has 0 unspecified atom stereocenters. The maximum absolute atomic E-state index is 12.3. The quantitative estimate of drug-likeness (QED) is 0.619. The molecule has 0 aliphatic rings. The third kappa shape index (κ3) is 2.72. The van der Waals surface area contributed by atoms with E-state index >= 15 is 0 Å². The molecule has 8 heteroatoms. The van der Waals surface area contributed by atoms with E-state index < -0.39 is 0 Å². The maximum atomic E-state index is 12.3. The summed E-state index contributed by atoms with van der Waals surface area (Å²) < 4.78 is 7.06. The fourth-order valence-corrected chi connectivity index (χ4v) is 2.48. The number of tetrazole rings is 1. The Morgan fingerprint density at radius 3 is 2.71 bits per heavy atom. The van der Waals surface area contributed by atoms with Gasteiger partial charge in [-0.25, -0.2) is 4.68 Å². The average molecular weight is 340 g/mol. The van der Waals surface area contributed by atoms with Gasteiger partial charge in [-0.05, 0) is 59.0 Å². The highest BCUT2D eigenvalue weighted by atomic mass is 35.5. The molecule has 7 nitrogen and oxygen atoms in total. The standard InChI is InChI=1S/C16H10ClN5O2/c17-11-1-6-14-10(7-11)8-15(24-14)16(23)19-12-2-4-13(5-3-12)22-9-18-20-21-22/h1-9H,(H,19,23). The summed E-state index contributed by atoms with van der Waals surface area (Å²) in [6.07, 6.45) is 1.49. The van der Waals surface area contributed by atoms with Gasteiger partial charge < -0.3 is 9.73 Å². The Morgan fingerprint density at radius 2 is 1.96 bits per heavy atom. The van der Waals surface area contributed by atoms with Crippen LogP contribution in [0.25, 0.3) is 16.7 Å². The van der Waals surface area contributed by atoms with Gasteiger partial charge in [-0.15, -0.1) is 5.10 Å². The highest BCUT2D eigenvalue weighted by Crippen LogP contribution is 2.23. The Bertz CT molecular complexity index is 1010. The molecule has 24 heavy (non-hydrogen) atoms. The molecule has 2 heterocycles. The number of halogens is 1. The first kappa shape index (κ1) is 14.4. The Kier molecular flexibility index (Phi) is 3.47. The van der Waals surface area contributed by atoms with Gasteiger partial charge in [-0.3, -0.25) is 4.79 Å². The van der Waals surface area contributed by atoms with E-state index in [1.165, 1.54) is 11.0 Å². The number of nitrogens with zero attached hydrogens (tertiary/aromatic N) is 4. The largest absolute Gasteiger partial charge is 0.451 e. The summed E-state index contributed by atoms with van der Waals surface area (Å²) in [5, 5.41) is 15.1. The predicted octanol–water partition coefficient (Wildman–Crippen LogP) is 3.31. The van der Waals surface area contributed by atoms with Gasteiger partial charge in [0.25, 0.3) is 5.91 Å². The third-order valence-electron chi connectivity index (χ3n) is 3.44. The highest BCUT2D eigenvalue weighted by molar-refractivity contribution is 6.31. The first-order chi connectivity index (χ1) is 11.7. The van der Waals surface area contributed by atoms with Gasteiger partial charge in [-0.2, -0.15) is 0 Å². The molecule has 4 aromatic rings. The van der Waals surface area contributed by atoms with Crippen molar-refractivity contribution in [2.24, 2.45) is 0 Å². The molecule has 0 atom stereocenters. The molecule has 0 saturated carbocycles. The van der Waals surface area contributed by atoms with Crippen LogP contribution < -0.4 is 5.32 Å². The summed E-state index contributed by atoms with van der Waals surface area (Å²) in [5.74, 6) is -0.116. The van der Waals surface area contributed by atoms with Gasteiger partial charge in [0.05, 0.1) is 5.69 Å². The number of nitrogens with one attached hydrogen (secondary N) is 1. The van der Waals surface area contributed by atoms with E-state index in [-0.39, 0.29) is 11.7 Å². The summed E-state index contributed by atoms with van der Waals surface area (Å²) in [6, 6.07) is 14.0. The van der Waals surface area contributed by atoms with Gasteiger partial charge in [0.1, 0.15) is 11.9 Å². The molecule has 0 bridgehead atoms. The summed E-state index contributed by atoms with van der Waals surface area (Å²) in [4.78, 5) is 12.3. The number of benzene rings is 2. The summed E-state index contributed by atoms with van der Waals surface area (Å²) in [5.41, 5.74) is 2.03. The van der Waals surface area contributed by atoms with Crippen molar-refractivity contribution in [3.8, 4) is 5.69 Å². The van der Waals surface area contributed by atoms with Gasteiger partial charge >= 0.3 is 0 Å². The van der Waals surface area contributed by atoms with Crippen LogP contribution in [0.15, 0.2) is 59.3 Å². The lowest BCUT2D eigenvalue weighted by atomic mass is 10.2. The Balaban J connectivity index is 1.54. The smallest absolute Gasteiger partial charge is 0.291 e. The van der Waals surface area contributed by atoms with Crippen molar-refractivity contribution in [3.05, 3.63) is 65.6 Å². The van der Waals surface area contributed by atoms with E-state index in [1.807, 2.05) is 0 Å². The molecule has 0 fully saturated rings. The SMILES string of the molecule is O=C(Nc1ccc(-n2cnnn2)cc1)c1cc2cc(Cl)ccc2o1. The molecule has 0 aliphatic carbocycles. The van der Waals surface area contributed by atoms with Crippen molar-refractivity contribution in [1.82, 2.24) is 20.2 Å². The van der Waals surface area contributed by atoms with Gasteiger partial charge in [-0.1, -0.05) is 11.6 Å². The minimum atomic E-state index is -0.336. The van der Waals surface area contributed by atoms with Crippen LogP contribution in [-0.2, 0) is 0 Å². The van der Waals surface area contributed by atoms with Gasteiger partial charge in [0, 0.05) is 16.1 Å². The zero-order valence-electron chi connectivity index (χ0n) is 12.2. The number of aromatic nitrogens is 4. The first-order valence-electron chi connectivity index (χ1n) is 7.03. The molecular formula is C16H10ClN5O2. The second-order valence-corrected chi connectivity index (χ2v) is 5.48. The maximum Gasteiger partial charge on any atom is 0.291 e. The zero-order valence-corrected chi connectivity index (χ0v) is 12.9. The number of hydrogen-bond donors (Lipinski definition) is 1. The Morgan fingerprint density at radius 1 is 1.12 bits per heavy atom. The normalized spacial score (nSPS) is 10.9. The third-order valence-corrected chi connectivity index (χ3v) is 3.68. The van der Waals surface area contributed by atoms with E-state index in [4.69, 9.17) is 16.0 Å². The molecule has 118 valence electrons. The number of carbonyl (C=O) groups is 1. The molecule has 4 rings (SSSR count). The van der Waals surface area contributed by atoms with Crippen LogP contribution in [0.2, 0.25) is 5.02 Å². The van der Waals surface area contributed by atoms with Gasteiger partial charge in [0.15, 0.2) is 5.76 Å². The molecule has 1 N–H and O–H groups in total. The number of hydrogen-bond acceptors (Lipinski definition) is 5. The number of fused-ring (bicyclic) bond motifs is 1. The lowest BCUT2D eigenvalue weighted by molar-refractivity contribution is 0.0998. The van der Waals surface area contributed by atoms with Crippen molar-refractivity contribution < 1.29 is 9.21 Å². The molecule has 0 radical (unpaired) electrons. The molecule has 0 aliphatic heterocycles. The molecule has 2 aromatic heterocycles. The van der Waals surface area contributed by atoms with Crippen molar-refractivity contribution in [1.29, 1.82) is 0 Å². The Labute approximate surface area is 140 Å². The first-order valence-corrected chi connectivity index (χ1v) is 7.41. The molecule has 0 saturated heterocycles. The molecular weight excluding hydrogens is 330 g/mol. The monoisotopic (exact) mass is 339 g/mol. The van der Waals surface area contributed by atoms with E-state index in [1.54, 1.807) is 48.5 Å². The number of anilines is 1. The highest BCUT2D eigenvalue weighted by Gasteiger charge is 2.13. The van der Waals surface area contributed by atoms with E-state index in [9.17, 15) is 4.79 Å². The second kappa shape index (κ2) is 5.78. The lowest BCUT2D eigenvalue weighted by Gasteiger charge is -2.04. The summed E-state index contributed by atoms with van der Waals surface area (Å²) in [7, 11) is 0. The van der Waals surface area contributed by atoms with Crippen molar-refractivity contribution >= 4 is 34.2 Å². The van der Waals surface area contributed by atoms with E-state index in [2.05, 4.69) is 20.8 Å². The van der Waals surface area contributed by atoms with Crippen LogP contribution in [0.3, 0.4) is 0 Å². The molecule has 0 spiro atoms. The number of carbonyl (C=O) groups excluding carboxylic acids is 1. The fraction of sp³-hybridized carbons (Fsp3) is 0. The van der Waals surface area contributed by atoms with E-state index in [0.717, 1.165) is 11.1 Å². The summed E-state index contributed by atoms with van der Waals surface area (Å²) in [6.45, 7) is 0.